The van der Waals surface area contributed by atoms with Gasteiger partial charge in [0, 0.05) is 11.9 Å². The molecule has 0 fully saturated rings. The van der Waals surface area contributed by atoms with Crippen molar-refractivity contribution >= 4 is 26.0 Å². The average molecular weight is 372 g/mol. The van der Waals surface area contributed by atoms with E-state index in [4.69, 9.17) is 0 Å². The number of hydrogen-bond acceptors (Lipinski definition) is 2. The number of hydrogen-bond donors (Lipinski definition) is 1. The summed E-state index contributed by atoms with van der Waals surface area (Å²) in [5.41, 5.74) is 2.43. The second-order valence-corrected chi connectivity index (χ2v) is 6.98. The minimum atomic E-state index is -3.73. The Morgan fingerprint density at radius 2 is 1.86 bits per heavy atom. The van der Waals surface area contributed by atoms with Gasteiger partial charge in [-0.05, 0) is 35.7 Å². The van der Waals surface area contributed by atoms with Gasteiger partial charge >= 0.3 is 0 Å². The molecule has 0 aliphatic rings. The molecule has 2 rings (SSSR count). The molecule has 3 nitrogen and oxygen atoms in total. The lowest BCUT2D eigenvalue weighted by Crippen LogP contribution is -2.24. The molecule has 6 heteroatoms. The van der Waals surface area contributed by atoms with Crippen LogP contribution in [0.25, 0.3) is 0 Å². The average Bonchev–Trinajstić information content (AvgIpc) is 2.48. The van der Waals surface area contributed by atoms with E-state index in [-0.39, 0.29) is 11.4 Å². The standard InChI is InChI=1S/C15H15BrFNO2S/c1-11-5-6-14(17)8-15(11)21(19,20)18-10-13-4-2-3-12(7-13)9-16/h2-8,18H,9-10H2,1H3. The first-order valence-electron chi connectivity index (χ1n) is 6.32. The van der Waals surface area contributed by atoms with E-state index >= 15 is 0 Å². The molecule has 0 saturated heterocycles. The van der Waals surface area contributed by atoms with Crippen LogP contribution in [0, 0.1) is 12.7 Å². The molecule has 112 valence electrons. The van der Waals surface area contributed by atoms with Crippen molar-refractivity contribution in [3.8, 4) is 0 Å². The van der Waals surface area contributed by atoms with Crippen LogP contribution in [-0.2, 0) is 21.9 Å². The van der Waals surface area contributed by atoms with E-state index in [1.165, 1.54) is 12.1 Å². The van der Waals surface area contributed by atoms with Gasteiger partial charge in [0.15, 0.2) is 0 Å². The van der Waals surface area contributed by atoms with E-state index in [1.54, 1.807) is 6.92 Å². The Balaban J connectivity index is 2.19. The summed E-state index contributed by atoms with van der Waals surface area (Å²) in [6.45, 7) is 1.80. The molecule has 2 aromatic rings. The van der Waals surface area contributed by atoms with E-state index in [0.29, 0.717) is 10.9 Å². The third-order valence-corrected chi connectivity index (χ3v) is 5.24. The van der Waals surface area contributed by atoms with Gasteiger partial charge in [-0.2, -0.15) is 0 Å². The molecule has 0 aliphatic heterocycles. The number of nitrogens with one attached hydrogen (secondary N) is 1. The van der Waals surface area contributed by atoms with Crippen LogP contribution >= 0.6 is 15.9 Å². The summed E-state index contributed by atoms with van der Waals surface area (Å²) in [4.78, 5) is -0.0286. The predicted octanol–water partition coefficient (Wildman–Crippen LogP) is 3.51. The molecule has 0 radical (unpaired) electrons. The number of rotatable bonds is 5. The highest BCUT2D eigenvalue weighted by Gasteiger charge is 2.17. The zero-order valence-corrected chi connectivity index (χ0v) is 13.8. The van der Waals surface area contributed by atoms with Gasteiger partial charge in [-0.3, -0.25) is 0 Å². The Labute approximate surface area is 132 Å². The largest absolute Gasteiger partial charge is 0.241 e. The smallest absolute Gasteiger partial charge is 0.207 e. The maximum absolute atomic E-state index is 13.2. The van der Waals surface area contributed by atoms with Crippen molar-refractivity contribution < 1.29 is 12.8 Å². The van der Waals surface area contributed by atoms with Gasteiger partial charge in [-0.1, -0.05) is 46.3 Å². The molecule has 21 heavy (non-hydrogen) atoms. The first-order chi connectivity index (χ1) is 9.92. The van der Waals surface area contributed by atoms with E-state index in [9.17, 15) is 12.8 Å². The van der Waals surface area contributed by atoms with Crippen molar-refractivity contribution in [3.63, 3.8) is 0 Å². The van der Waals surface area contributed by atoms with Gasteiger partial charge in [0.2, 0.25) is 10.0 Å². The van der Waals surface area contributed by atoms with E-state index in [1.807, 2.05) is 24.3 Å². The summed E-state index contributed by atoms with van der Waals surface area (Å²) in [5.74, 6) is -0.567. The molecule has 0 atom stereocenters. The molecular weight excluding hydrogens is 357 g/mol. The fourth-order valence-corrected chi connectivity index (χ4v) is 3.56. The summed E-state index contributed by atoms with van der Waals surface area (Å²) in [7, 11) is -3.73. The normalized spacial score (nSPS) is 11.6. The minimum Gasteiger partial charge on any atom is -0.207 e. The lowest BCUT2D eigenvalue weighted by molar-refractivity contribution is 0.576. The van der Waals surface area contributed by atoms with Crippen LogP contribution in [0.5, 0.6) is 0 Å². The van der Waals surface area contributed by atoms with Crippen molar-refractivity contribution in [3.05, 3.63) is 65.0 Å². The SMILES string of the molecule is Cc1ccc(F)cc1S(=O)(=O)NCc1cccc(CBr)c1. The van der Waals surface area contributed by atoms with Crippen LogP contribution in [0.4, 0.5) is 4.39 Å². The van der Waals surface area contributed by atoms with Gasteiger partial charge in [0.05, 0.1) is 4.90 Å². The van der Waals surface area contributed by atoms with Crippen molar-refractivity contribution in [1.29, 1.82) is 0 Å². The fraction of sp³-hybridized carbons (Fsp3) is 0.200. The highest BCUT2D eigenvalue weighted by molar-refractivity contribution is 9.08. The molecule has 0 aliphatic carbocycles. The van der Waals surface area contributed by atoms with Crippen LogP contribution in [0.1, 0.15) is 16.7 Å². The van der Waals surface area contributed by atoms with Gasteiger partial charge in [-0.25, -0.2) is 17.5 Å². The Kier molecular flexibility index (Phi) is 5.13. The highest BCUT2D eigenvalue weighted by atomic mass is 79.9. The number of aryl methyl sites for hydroxylation is 1. The second kappa shape index (κ2) is 6.68. The summed E-state index contributed by atoms with van der Waals surface area (Å²) >= 11 is 3.36. The van der Waals surface area contributed by atoms with Crippen molar-refractivity contribution in [2.45, 2.75) is 23.7 Å². The molecule has 2 aromatic carbocycles. The number of alkyl halides is 1. The zero-order chi connectivity index (χ0) is 15.5. The highest BCUT2D eigenvalue weighted by Crippen LogP contribution is 2.17. The Morgan fingerprint density at radius 3 is 2.57 bits per heavy atom. The zero-order valence-electron chi connectivity index (χ0n) is 11.4. The summed E-state index contributed by atoms with van der Waals surface area (Å²) < 4.78 is 40.2. The first kappa shape index (κ1) is 16.1. The van der Waals surface area contributed by atoms with Crippen molar-refractivity contribution in [1.82, 2.24) is 4.72 Å². The lowest BCUT2D eigenvalue weighted by Gasteiger charge is -2.10. The summed E-state index contributed by atoms with van der Waals surface area (Å²) in [6.07, 6.45) is 0. The van der Waals surface area contributed by atoms with Gasteiger partial charge < -0.3 is 0 Å². The van der Waals surface area contributed by atoms with E-state index in [2.05, 4.69) is 20.7 Å². The topological polar surface area (TPSA) is 46.2 Å². The third-order valence-electron chi connectivity index (χ3n) is 3.05. The molecule has 0 bridgehead atoms. The van der Waals surface area contributed by atoms with E-state index < -0.39 is 15.8 Å². The number of halogens is 2. The Hall–Kier alpha value is -1.24. The molecule has 0 aromatic heterocycles. The summed E-state index contributed by atoms with van der Waals surface area (Å²) in [5, 5.41) is 0.705. The van der Waals surface area contributed by atoms with Crippen molar-refractivity contribution in [2.75, 3.05) is 0 Å². The molecule has 0 heterocycles. The Bertz CT molecular complexity index is 747. The fourth-order valence-electron chi connectivity index (χ4n) is 1.94. The quantitative estimate of drug-likeness (QED) is 0.817. The first-order valence-corrected chi connectivity index (χ1v) is 8.92. The van der Waals surface area contributed by atoms with E-state index in [0.717, 1.165) is 17.2 Å². The van der Waals surface area contributed by atoms with Gasteiger partial charge in [-0.15, -0.1) is 0 Å². The molecule has 1 N–H and O–H groups in total. The minimum absolute atomic E-state index is 0.0286. The summed E-state index contributed by atoms with van der Waals surface area (Å²) in [6, 6.07) is 11.3. The second-order valence-electron chi connectivity index (χ2n) is 4.69. The molecule has 0 spiro atoms. The molecule has 0 amide bonds. The molecular formula is C15H15BrFNO2S. The lowest BCUT2D eigenvalue weighted by atomic mass is 10.1. The van der Waals surface area contributed by atoms with Crippen LogP contribution in [0.2, 0.25) is 0 Å². The third kappa shape index (κ3) is 4.12. The number of benzene rings is 2. The van der Waals surface area contributed by atoms with Crippen LogP contribution in [0.3, 0.4) is 0 Å². The Morgan fingerprint density at radius 1 is 1.14 bits per heavy atom. The maximum Gasteiger partial charge on any atom is 0.241 e. The number of sulfonamides is 1. The van der Waals surface area contributed by atoms with Crippen LogP contribution in [0.15, 0.2) is 47.4 Å². The predicted molar refractivity (Wildman–Crippen MR) is 84.2 cm³/mol. The van der Waals surface area contributed by atoms with Crippen LogP contribution < -0.4 is 4.72 Å². The van der Waals surface area contributed by atoms with Gasteiger partial charge in [0.1, 0.15) is 5.82 Å². The monoisotopic (exact) mass is 371 g/mol. The van der Waals surface area contributed by atoms with Crippen LogP contribution in [-0.4, -0.2) is 8.42 Å². The maximum atomic E-state index is 13.2. The molecule has 0 saturated carbocycles. The van der Waals surface area contributed by atoms with Gasteiger partial charge in [0.25, 0.3) is 0 Å². The molecule has 0 unspecified atom stereocenters. The van der Waals surface area contributed by atoms with Crippen molar-refractivity contribution in [2.24, 2.45) is 0 Å².